The van der Waals surface area contributed by atoms with Crippen molar-refractivity contribution in [2.75, 3.05) is 6.26 Å². The molecule has 0 heterocycles. The van der Waals surface area contributed by atoms with Crippen molar-refractivity contribution < 1.29 is 17.6 Å². The van der Waals surface area contributed by atoms with Crippen LogP contribution in [0.3, 0.4) is 0 Å². The molecule has 0 aliphatic rings. The summed E-state index contributed by atoms with van der Waals surface area (Å²) in [6.45, 7) is 1.79. The SMILES string of the molecule is C[C@@H](NC(=O)Cc1ccccc1F)c1ccc(S(C)(=O)=O)cc1. The van der Waals surface area contributed by atoms with Crippen LogP contribution in [0.2, 0.25) is 0 Å². The van der Waals surface area contributed by atoms with E-state index in [0.717, 1.165) is 11.8 Å². The highest BCUT2D eigenvalue weighted by Crippen LogP contribution is 2.16. The summed E-state index contributed by atoms with van der Waals surface area (Å²) >= 11 is 0. The first-order chi connectivity index (χ1) is 10.8. The standard InChI is InChI=1S/C17H18FNO3S/c1-12(13-7-9-15(10-8-13)23(2,21)22)19-17(20)11-14-5-3-4-6-16(14)18/h3-10,12H,11H2,1-2H3,(H,19,20)/t12-/m1/s1. The first-order valence-electron chi connectivity index (χ1n) is 7.10. The molecule has 0 spiro atoms. The van der Waals surface area contributed by atoms with Crippen LogP contribution in [-0.4, -0.2) is 20.6 Å². The minimum absolute atomic E-state index is 0.0432. The van der Waals surface area contributed by atoms with Crippen LogP contribution in [0, 0.1) is 5.82 Å². The highest BCUT2D eigenvalue weighted by Gasteiger charge is 2.13. The van der Waals surface area contributed by atoms with Gasteiger partial charge in [0.1, 0.15) is 5.82 Å². The van der Waals surface area contributed by atoms with Gasteiger partial charge in [-0.15, -0.1) is 0 Å². The number of nitrogens with one attached hydrogen (secondary N) is 1. The Labute approximate surface area is 135 Å². The molecule has 2 aromatic carbocycles. The van der Waals surface area contributed by atoms with E-state index < -0.39 is 15.7 Å². The molecule has 23 heavy (non-hydrogen) atoms. The minimum Gasteiger partial charge on any atom is -0.349 e. The summed E-state index contributed by atoms with van der Waals surface area (Å²) in [5.41, 5.74) is 1.11. The Hall–Kier alpha value is -2.21. The van der Waals surface area contributed by atoms with Gasteiger partial charge in [-0.2, -0.15) is 0 Å². The molecule has 0 saturated carbocycles. The fourth-order valence-electron chi connectivity index (χ4n) is 2.19. The second-order valence-electron chi connectivity index (χ2n) is 5.40. The molecule has 0 saturated heterocycles. The molecule has 0 aliphatic carbocycles. The Morgan fingerprint density at radius 3 is 2.30 bits per heavy atom. The number of hydrogen-bond donors (Lipinski definition) is 1. The van der Waals surface area contributed by atoms with Crippen molar-refractivity contribution in [2.45, 2.75) is 24.3 Å². The quantitative estimate of drug-likeness (QED) is 0.914. The highest BCUT2D eigenvalue weighted by atomic mass is 32.2. The second-order valence-corrected chi connectivity index (χ2v) is 7.41. The fourth-order valence-corrected chi connectivity index (χ4v) is 2.82. The highest BCUT2D eigenvalue weighted by molar-refractivity contribution is 7.90. The molecule has 1 amide bonds. The van der Waals surface area contributed by atoms with Crippen LogP contribution >= 0.6 is 0 Å². The Morgan fingerprint density at radius 2 is 1.74 bits per heavy atom. The summed E-state index contributed by atoms with van der Waals surface area (Å²) in [5, 5.41) is 2.78. The maximum Gasteiger partial charge on any atom is 0.225 e. The summed E-state index contributed by atoms with van der Waals surface area (Å²) in [7, 11) is -3.24. The average Bonchev–Trinajstić information content (AvgIpc) is 2.49. The van der Waals surface area contributed by atoms with Crippen molar-refractivity contribution in [1.82, 2.24) is 5.32 Å². The van der Waals surface area contributed by atoms with E-state index in [9.17, 15) is 17.6 Å². The van der Waals surface area contributed by atoms with Crippen LogP contribution in [0.4, 0.5) is 4.39 Å². The van der Waals surface area contributed by atoms with Crippen molar-refractivity contribution in [1.29, 1.82) is 0 Å². The van der Waals surface area contributed by atoms with Gasteiger partial charge in [-0.05, 0) is 36.2 Å². The van der Waals surface area contributed by atoms with Crippen LogP contribution < -0.4 is 5.32 Å². The second kappa shape index (κ2) is 6.91. The lowest BCUT2D eigenvalue weighted by Gasteiger charge is -2.15. The Bertz CT molecular complexity index is 801. The van der Waals surface area contributed by atoms with Crippen molar-refractivity contribution >= 4 is 15.7 Å². The lowest BCUT2D eigenvalue weighted by Crippen LogP contribution is -2.28. The molecule has 122 valence electrons. The predicted octanol–water partition coefficient (Wildman–Crippen LogP) is 2.65. The predicted molar refractivity (Wildman–Crippen MR) is 86.2 cm³/mol. The average molecular weight is 335 g/mol. The van der Waals surface area contributed by atoms with Gasteiger partial charge in [0.2, 0.25) is 5.91 Å². The molecule has 4 nitrogen and oxygen atoms in total. The smallest absolute Gasteiger partial charge is 0.225 e. The third-order valence-corrected chi connectivity index (χ3v) is 4.62. The van der Waals surface area contributed by atoms with Crippen LogP contribution in [0.5, 0.6) is 0 Å². The van der Waals surface area contributed by atoms with Crippen molar-refractivity contribution in [3.8, 4) is 0 Å². The molecule has 0 bridgehead atoms. The van der Waals surface area contributed by atoms with Crippen LogP contribution in [0.15, 0.2) is 53.4 Å². The number of carbonyl (C=O) groups excluding carboxylic acids is 1. The third kappa shape index (κ3) is 4.63. The van der Waals surface area contributed by atoms with Gasteiger partial charge in [0.05, 0.1) is 17.4 Å². The molecule has 0 fully saturated rings. The maximum atomic E-state index is 13.5. The number of carbonyl (C=O) groups is 1. The van der Waals surface area contributed by atoms with Crippen molar-refractivity contribution in [2.24, 2.45) is 0 Å². The molecule has 6 heteroatoms. The number of halogens is 1. The molecule has 2 rings (SSSR count). The van der Waals surface area contributed by atoms with E-state index in [1.165, 1.54) is 18.2 Å². The van der Waals surface area contributed by atoms with Gasteiger partial charge >= 0.3 is 0 Å². The van der Waals surface area contributed by atoms with Gasteiger partial charge in [-0.25, -0.2) is 12.8 Å². The molecule has 1 atom stereocenters. The molecule has 0 aromatic heterocycles. The first-order valence-corrected chi connectivity index (χ1v) is 8.99. The number of rotatable bonds is 5. The molecule has 1 N–H and O–H groups in total. The summed E-state index contributed by atoms with van der Waals surface area (Å²) in [6.07, 6.45) is 1.10. The van der Waals surface area contributed by atoms with Crippen LogP contribution in [-0.2, 0) is 21.1 Å². The van der Waals surface area contributed by atoms with Crippen LogP contribution in [0.1, 0.15) is 24.1 Å². The van der Waals surface area contributed by atoms with E-state index >= 15 is 0 Å². The maximum absolute atomic E-state index is 13.5. The summed E-state index contributed by atoms with van der Waals surface area (Å²) < 4.78 is 36.4. The number of benzene rings is 2. The third-order valence-electron chi connectivity index (χ3n) is 3.49. The van der Waals surface area contributed by atoms with E-state index in [4.69, 9.17) is 0 Å². The first kappa shape index (κ1) is 17.1. The number of amides is 1. The van der Waals surface area contributed by atoms with E-state index in [-0.39, 0.29) is 23.3 Å². The van der Waals surface area contributed by atoms with E-state index in [1.807, 2.05) is 0 Å². The van der Waals surface area contributed by atoms with E-state index in [1.54, 1.807) is 37.3 Å². The number of hydrogen-bond acceptors (Lipinski definition) is 3. The van der Waals surface area contributed by atoms with Gasteiger partial charge < -0.3 is 5.32 Å². The summed E-state index contributed by atoms with van der Waals surface area (Å²) in [5.74, 6) is -0.706. The lowest BCUT2D eigenvalue weighted by molar-refractivity contribution is -0.121. The van der Waals surface area contributed by atoms with Crippen LogP contribution in [0.25, 0.3) is 0 Å². The minimum atomic E-state index is -3.24. The summed E-state index contributed by atoms with van der Waals surface area (Å²) in [6, 6.07) is 12.2. The molecule has 0 aliphatic heterocycles. The van der Waals surface area contributed by atoms with Gasteiger partial charge in [-0.3, -0.25) is 4.79 Å². The largest absolute Gasteiger partial charge is 0.349 e. The zero-order valence-corrected chi connectivity index (χ0v) is 13.7. The van der Waals surface area contributed by atoms with E-state index in [2.05, 4.69) is 5.32 Å². The molecular weight excluding hydrogens is 317 g/mol. The lowest BCUT2D eigenvalue weighted by atomic mass is 10.1. The molecular formula is C17H18FNO3S. The topological polar surface area (TPSA) is 63.2 Å². The van der Waals surface area contributed by atoms with E-state index in [0.29, 0.717) is 5.56 Å². The van der Waals surface area contributed by atoms with Gasteiger partial charge in [0.15, 0.2) is 9.84 Å². The van der Waals surface area contributed by atoms with Gasteiger partial charge in [0, 0.05) is 6.26 Å². The monoisotopic (exact) mass is 335 g/mol. The zero-order chi connectivity index (χ0) is 17.0. The Balaban J connectivity index is 2.02. The van der Waals surface area contributed by atoms with Crippen molar-refractivity contribution in [3.05, 3.63) is 65.5 Å². The zero-order valence-electron chi connectivity index (χ0n) is 12.9. The Kier molecular flexibility index (Phi) is 5.15. The van der Waals surface area contributed by atoms with Crippen molar-refractivity contribution in [3.63, 3.8) is 0 Å². The van der Waals surface area contributed by atoms with Gasteiger partial charge in [-0.1, -0.05) is 30.3 Å². The fraction of sp³-hybridized carbons (Fsp3) is 0.235. The van der Waals surface area contributed by atoms with Gasteiger partial charge in [0.25, 0.3) is 0 Å². The molecule has 0 radical (unpaired) electrons. The molecule has 0 unspecified atom stereocenters. The molecule has 2 aromatic rings. The number of sulfone groups is 1. The Morgan fingerprint density at radius 1 is 1.13 bits per heavy atom. The normalized spacial score (nSPS) is 12.7. The summed E-state index contributed by atoms with van der Waals surface area (Å²) in [4.78, 5) is 12.2.